The summed E-state index contributed by atoms with van der Waals surface area (Å²) >= 11 is 0. The van der Waals surface area contributed by atoms with E-state index < -0.39 is 0 Å². The van der Waals surface area contributed by atoms with Gasteiger partial charge in [0.05, 0.1) is 34.0 Å². The Kier molecular flexibility index (Phi) is 10.6. The van der Waals surface area contributed by atoms with Crippen molar-refractivity contribution in [1.82, 2.24) is 14.7 Å². The van der Waals surface area contributed by atoms with Crippen molar-refractivity contribution in [1.29, 1.82) is 5.26 Å². The average Bonchev–Trinajstić information content (AvgIpc) is 3.21. The Morgan fingerprint density at radius 2 is 1.49 bits per heavy atom. The fraction of sp³-hybridized carbons (Fsp3) is 0.444. The van der Waals surface area contributed by atoms with Crippen LogP contribution >= 0.6 is 0 Å². The molecule has 9 rings (SSSR count). The molecular weight excluding hydrogens is 693 g/mol. The van der Waals surface area contributed by atoms with Crippen LogP contribution in [0.25, 0.3) is 0 Å². The number of fused-ring (bicyclic) bond motifs is 2. The second kappa shape index (κ2) is 15.8. The Morgan fingerprint density at radius 1 is 0.782 bits per heavy atom. The highest BCUT2D eigenvalue weighted by atomic mass is 16.5. The smallest absolute Gasteiger partial charge is 0.204 e. The molecule has 5 aliphatic heterocycles. The van der Waals surface area contributed by atoms with Gasteiger partial charge in [0.1, 0.15) is 11.5 Å². The third kappa shape index (κ3) is 7.11. The van der Waals surface area contributed by atoms with Gasteiger partial charge in [-0.05, 0) is 130 Å². The van der Waals surface area contributed by atoms with Crippen LogP contribution < -0.4 is 23.7 Å². The van der Waals surface area contributed by atoms with Gasteiger partial charge in [0.2, 0.25) is 5.75 Å². The molecule has 1 saturated heterocycles. The van der Waals surface area contributed by atoms with Crippen LogP contribution in [-0.2, 0) is 38.8 Å². The van der Waals surface area contributed by atoms with Crippen molar-refractivity contribution >= 4 is 0 Å². The monoisotopic (exact) mass is 744 g/mol. The second-order valence-electron chi connectivity index (χ2n) is 15.5. The molecule has 2 atom stereocenters. The van der Waals surface area contributed by atoms with E-state index in [1.165, 1.54) is 22.3 Å². The molecule has 5 heterocycles. The highest BCUT2D eigenvalue weighted by Gasteiger charge is 2.38. The predicted molar refractivity (Wildman–Crippen MR) is 211 cm³/mol. The van der Waals surface area contributed by atoms with Gasteiger partial charge >= 0.3 is 0 Å². The average molecular weight is 745 g/mol. The number of likely N-dealkylation sites (tertiary alicyclic amines) is 1. The van der Waals surface area contributed by atoms with Crippen LogP contribution in [0.5, 0.6) is 40.2 Å². The van der Waals surface area contributed by atoms with Crippen LogP contribution in [0.15, 0.2) is 54.6 Å². The molecule has 55 heavy (non-hydrogen) atoms. The summed E-state index contributed by atoms with van der Waals surface area (Å²) in [5.41, 5.74) is 8.86. The van der Waals surface area contributed by atoms with E-state index in [4.69, 9.17) is 23.7 Å². The highest BCUT2D eigenvalue weighted by molar-refractivity contribution is 5.67. The first-order valence-corrected chi connectivity index (χ1v) is 19.5. The van der Waals surface area contributed by atoms with Gasteiger partial charge in [0, 0.05) is 54.3 Å². The maximum absolute atomic E-state index is 10.8. The van der Waals surface area contributed by atoms with Gasteiger partial charge in [-0.3, -0.25) is 14.7 Å². The van der Waals surface area contributed by atoms with Crippen LogP contribution in [0, 0.1) is 17.2 Å². The summed E-state index contributed by atoms with van der Waals surface area (Å²) in [6.07, 6.45) is 4.89. The molecule has 0 aromatic heterocycles. The number of aliphatic hydroxyl groups is 1. The van der Waals surface area contributed by atoms with Crippen molar-refractivity contribution in [3.63, 3.8) is 0 Å². The highest BCUT2D eigenvalue weighted by Crippen LogP contribution is 2.53. The van der Waals surface area contributed by atoms with Crippen molar-refractivity contribution in [2.24, 2.45) is 5.92 Å². The van der Waals surface area contributed by atoms with Gasteiger partial charge in [0.25, 0.3) is 0 Å². The summed E-state index contributed by atoms with van der Waals surface area (Å²) in [6, 6.07) is 21.3. The fourth-order valence-electron chi connectivity index (χ4n) is 9.17. The Balaban J connectivity index is 1.35. The van der Waals surface area contributed by atoms with E-state index in [1.807, 2.05) is 18.2 Å². The van der Waals surface area contributed by atoms with Crippen LogP contribution in [0.3, 0.4) is 0 Å². The molecule has 10 heteroatoms. The number of aliphatic hydroxyl groups excluding tert-OH is 1. The normalized spacial score (nSPS) is 20.3. The molecule has 5 aliphatic rings. The van der Waals surface area contributed by atoms with E-state index in [0.717, 1.165) is 86.3 Å². The van der Waals surface area contributed by atoms with Crippen molar-refractivity contribution < 1.29 is 28.8 Å². The van der Waals surface area contributed by atoms with Crippen LogP contribution in [0.1, 0.15) is 69.4 Å². The van der Waals surface area contributed by atoms with E-state index in [0.29, 0.717) is 47.5 Å². The number of nitrogens with zero attached hydrogens (tertiary/aromatic N) is 4. The number of hydrogen-bond acceptors (Lipinski definition) is 10. The largest absolute Gasteiger partial charge is 0.493 e. The number of likely N-dealkylation sites (N-methyl/N-ethyl adjacent to an activating group) is 2. The van der Waals surface area contributed by atoms with Crippen LogP contribution in [0.4, 0.5) is 0 Å². The zero-order valence-corrected chi connectivity index (χ0v) is 32.7. The van der Waals surface area contributed by atoms with Gasteiger partial charge in [0.15, 0.2) is 23.0 Å². The number of benzene rings is 4. The summed E-state index contributed by atoms with van der Waals surface area (Å²) in [4.78, 5) is 7.25. The van der Waals surface area contributed by atoms with Crippen LogP contribution in [0.2, 0.25) is 0 Å². The SMILES string of the molecule is COc1ccc2cc1Oc1ccc(cc1)C[C@H]1c3cc(c(CO)cc3CCN1C)Oc1c(OC)c(OC)c(CN3CCC(C#N)CC3)c3c1[C@H](C2)N(C)CC3. The molecule has 0 aliphatic carbocycles. The van der Waals surface area contributed by atoms with Gasteiger partial charge in [-0.1, -0.05) is 18.2 Å². The molecule has 4 aromatic rings. The minimum atomic E-state index is -0.152. The number of methoxy groups -OCH3 is 3. The van der Waals surface area contributed by atoms with Crippen molar-refractivity contribution in [2.45, 2.75) is 63.8 Å². The molecule has 1 N–H and O–H groups in total. The molecule has 1 fully saturated rings. The zero-order valence-electron chi connectivity index (χ0n) is 32.7. The van der Waals surface area contributed by atoms with E-state index in [2.05, 4.69) is 71.3 Å². The lowest BCUT2D eigenvalue weighted by atomic mass is 9.84. The Bertz CT molecular complexity index is 2090. The maximum atomic E-state index is 10.8. The summed E-state index contributed by atoms with van der Waals surface area (Å²) in [6.45, 7) is 3.99. The number of piperidine rings is 1. The van der Waals surface area contributed by atoms with E-state index >= 15 is 0 Å². The summed E-state index contributed by atoms with van der Waals surface area (Å²) in [7, 11) is 9.42. The predicted octanol–water partition coefficient (Wildman–Crippen LogP) is 7.38. The Labute approximate surface area is 324 Å². The minimum Gasteiger partial charge on any atom is -0.493 e. The van der Waals surface area contributed by atoms with Crippen molar-refractivity contribution in [3.05, 3.63) is 99.1 Å². The molecule has 0 saturated carbocycles. The molecule has 0 amide bonds. The molecule has 10 nitrogen and oxygen atoms in total. The zero-order chi connectivity index (χ0) is 38.2. The molecule has 6 bridgehead atoms. The van der Waals surface area contributed by atoms with Gasteiger partial charge < -0.3 is 28.8 Å². The summed E-state index contributed by atoms with van der Waals surface area (Å²) < 4.78 is 32.2. The van der Waals surface area contributed by atoms with Crippen molar-refractivity contribution in [2.75, 3.05) is 61.6 Å². The van der Waals surface area contributed by atoms with E-state index in [1.54, 1.807) is 21.3 Å². The third-order valence-electron chi connectivity index (χ3n) is 12.3. The lowest BCUT2D eigenvalue weighted by molar-refractivity contribution is 0.190. The third-order valence-corrected chi connectivity index (χ3v) is 12.3. The van der Waals surface area contributed by atoms with E-state index in [-0.39, 0.29) is 24.6 Å². The molecule has 0 unspecified atom stereocenters. The molecule has 0 spiro atoms. The molecular formula is C45H52N4O6. The number of hydrogen-bond donors (Lipinski definition) is 1. The molecule has 0 radical (unpaired) electrons. The topological polar surface area (TPSA) is 99.9 Å². The fourth-order valence-corrected chi connectivity index (χ4v) is 9.17. The number of nitriles is 1. The van der Waals surface area contributed by atoms with Crippen LogP contribution in [-0.4, -0.2) is 81.4 Å². The molecule has 288 valence electrons. The lowest BCUT2D eigenvalue weighted by Gasteiger charge is -2.39. The first-order valence-electron chi connectivity index (χ1n) is 19.5. The first-order chi connectivity index (χ1) is 26.8. The quantitative estimate of drug-likeness (QED) is 0.215. The second-order valence-corrected chi connectivity index (χ2v) is 15.5. The number of rotatable bonds is 6. The Morgan fingerprint density at radius 3 is 2.20 bits per heavy atom. The standard InChI is InChI=1S/C45H52N4O6/c1-47-16-14-31-23-32(27-50)40-24-35(31)37(47)20-28-6-9-33(10-7-28)54-41-22-30(8-11-39(41)51-3)21-38-42-34(15-17-48(38)2)36(26-49-18-12-29(25-46)13-19-49)43(52-4)45(53-5)44(42)55-40/h6-11,22-24,29,37-38,50H,12-21,26-27H2,1-5H3/t37-,38-/m0/s1. The summed E-state index contributed by atoms with van der Waals surface area (Å²) in [5, 5.41) is 20.4. The van der Waals surface area contributed by atoms with Crippen molar-refractivity contribution in [3.8, 4) is 46.3 Å². The lowest BCUT2D eigenvalue weighted by Crippen LogP contribution is -2.37. The minimum absolute atomic E-state index is 0.0878. The first kappa shape index (κ1) is 37.1. The molecule has 4 aromatic carbocycles. The maximum Gasteiger partial charge on any atom is 0.204 e. The number of ether oxygens (including phenoxy) is 5. The van der Waals surface area contributed by atoms with Gasteiger partial charge in [-0.25, -0.2) is 0 Å². The van der Waals surface area contributed by atoms with E-state index in [9.17, 15) is 10.4 Å². The van der Waals surface area contributed by atoms with Gasteiger partial charge in [-0.15, -0.1) is 0 Å². The Hall–Kier alpha value is -4.79. The van der Waals surface area contributed by atoms with Gasteiger partial charge in [-0.2, -0.15) is 5.26 Å². The summed E-state index contributed by atoms with van der Waals surface area (Å²) in [5.74, 6) is 4.65.